The van der Waals surface area contributed by atoms with Gasteiger partial charge in [-0.25, -0.2) is 4.98 Å². The lowest BCUT2D eigenvalue weighted by atomic mass is 10.0. The van der Waals surface area contributed by atoms with E-state index >= 15 is 0 Å². The van der Waals surface area contributed by atoms with Gasteiger partial charge in [-0.2, -0.15) is 0 Å². The summed E-state index contributed by atoms with van der Waals surface area (Å²) in [5.41, 5.74) is 2.65. The van der Waals surface area contributed by atoms with Gasteiger partial charge in [-0.3, -0.25) is 4.79 Å². The van der Waals surface area contributed by atoms with E-state index in [4.69, 9.17) is 4.42 Å². The van der Waals surface area contributed by atoms with Crippen LogP contribution < -0.4 is 0 Å². The maximum absolute atomic E-state index is 12.2. The van der Waals surface area contributed by atoms with Crippen molar-refractivity contribution in [1.82, 2.24) is 4.98 Å². The minimum Gasteiger partial charge on any atom is -0.444 e. The molecule has 2 aromatic carbocycles. The van der Waals surface area contributed by atoms with E-state index in [1.807, 2.05) is 54.6 Å². The highest BCUT2D eigenvalue weighted by Crippen LogP contribution is 2.19. The standard InChI is InChI=1S/C17H13NO2/c19-16(10-13-4-2-1-3-5-13)14-6-8-15(9-7-14)17-11-18-12-20-17/h1-9,11-12H,10H2. The van der Waals surface area contributed by atoms with Gasteiger partial charge in [0.2, 0.25) is 0 Å². The van der Waals surface area contributed by atoms with Gasteiger partial charge in [0.25, 0.3) is 0 Å². The Hall–Kier alpha value is -2.68. The average Bonchev–Trinajstić information content (AvgIpc) is 3.03. The van der Waals surface area contributed by atoms with E-state index in [9.17, 15) is 4.79 Å². The van der Waals surface area contributed by atoms with Crippen LogP contribution >= 0.6 is 0 Å². The Morgan fingerprint density at radius 3 is 2.40 bits per heavy atom. The van der Waals surface area contributed by atoms with Gasteiger partial charge < -0.3 is 4.42 Å². The van der Waals surface area contributed by atoms with Crippen LogP contribution in [0.3, 0.4) is 0 Å². The number of hydrogen-bond donors (Lipinski definition) is 0. The van der Waals surface area contributed by atoms with E-state index < -0.39 is 0 Å². The van der Waals surface area contributed by atoms with Gasteiger partial charge in [0.1, 0.15) is 0 Å². The molecular formula is C17H13NO2. The number of ketones is 1. The van der Waals surface area contributed by atoms with Crippen molar-refractivity contribution in [3.63, 3.8) is 0 Å². The molecule has 1 aromatic heterocycles. The fourth-order valence-electron chi connectivity index (χ4n) is 2.06. The third kappa shape index (κ3) is 2.67. The predicted octanol–water partition coefficient (Wildman–Crippen LogP) is 3.77. The topological polar surface area (TPSA) is 43.1 Å². The number of oxazole rings is 1. The Labute approximate surface area is 116 Å². The normalized spacial score (nSPS) is 10.4. The highest BCUT2D eigenvalue weighted by molar-refractivity contribution is 5.97. The Kier molecular flexibility index (Phi) is 3.42. The molecule has 0 unspecified atom stereocenters. The fraction of sp³-hybridized carbons (Fsp3) is 0.0588. The van der Waals surface area contributed by atoms with Crippen molar-refractivity contribution >= 4 is 5.78 Å². The molecule has 3 heteroatoms. The zero-order chi connectivity index (χ0) is 13.8. The van der Waals surface area contributed by atoms with E-state index in [-0.39, 0.29) is 5.78 Å². The molecule has 0 bridgehead atoms. The fourth-order valence-corrected chi connectivity index (χ4v) is 2.06. The summed E-state index contributed by atoms with van der Waals surface area (Å²) in [5, 5.41) is 0. The van der Waals surface area contributed by atoms with E-state index in [0.717, 1.165) is 11.1 Å². The van der Waals surface area contributed by atoms with Gasteiger partial charge in [-0.1, -0.05) is 54.6 Å². The number of carbonyl (C=O) groups is 1. The lowest BCUT2D eigenvalue weighted by Gasteiger charge is -2.02. The van der Waals surface area contributed by atoms with Gasteiger partial charge in [0.05, 0.1) is 6.20 Å². The van der Waals surface area contributed by atoms with Gasteiger partial charge in [-0.15, -0.1) is 0 Å². The molecule has 1 heterocycles. The smallest absolute Gasteiger partial charge is 0.181 e. The molecule has 0 aliphatic rings. The van der Waals surface area contributed by atoms with E-state index in [1.165, 1.54) is 6.39 Å². The van der Waals surface area contributed by atoms with E-state index in [0.29, 0.717) is 17.7 Å². The largest absolute Gasteiger partial charge is 0.444 e. The second-order valence-electron chi connectivity index (χ2n) is 4.53. The molecule has 0 amide bonds. The van der Waals surface area contributed by atoms with Crippen LogP contribution in [0.25, 0.3) is 11.3 Å². The summed E-state index contributed by atoms with van der Waals surface area (Å²) in [4.78, 5) is 16.1. The first-order chi connectivity index (χ1) is 9.83. The van der Waals surface area contributed by atoms with Crippen molar-refractivity contribution in [2.45, 2.75) is 6.42 Å². The van der Waals surface area contributed by atoms with Crippen molar-refractivity contribution in [3.8, 4) is 11.3 Å². The van der Waals surface area contributed by atoms with Crippen molar-refractivity contribution in [2.75, 3.05) is 0 Å². The Balaban J connectivity index is 1.76. The van der Waals surface area contributed by atoms with Crippen LogP contribution in [0.15, 0.2) is 71.6 Å². The number of hydrogen-bond acceptors (Lipinski definition) is 3. The van der Waals surface area contributed by atoms with Crippen molar-refractivity contribution in [2.24, 2.45) is 0 Å². The third-order valence-corrected chi connectivity index (χ3v) is 3.13. The van der Waals surface area contributed by atoms with Crippen LogP contribution in [-0.2, 0) is 6.42 Å². The number of benzene rings is 2. The highest BCUT2D eigenvalue weighted by atomic mass is 16.3. The molecule has 3 nitrogen and oxygen atoms in total. The Bertz CT molecular complexity index is 686. The summed E-state index contributed by atoms with van der Waals surface area (Å²) in [7, 11) is 0. The molecule has 3 aromatic rings. The molecule has 0 saturated carbocycles. The molecule has 0 atom stereocenters. The lowest BCUT2D eigenvalue weighted by molar-refractivity contribution is 0.0993. The van der Waals surface area contributed by atoms with E-state index in [2.05, 4.69) is 4.98 Å². The first-order valence-corrected chi connectivity index (χ1v) is 6.39. The number of carbonyl (C=O) groups excluding carboxylic acids is 1. The van der Waals surface area contributed by atoms with Crippen LogP contribution in [0.2, 0.25) is 0 Å². The van der Waals surface area contributed by atoms with Crippen LogP contribution in [0, 0.1) is 0 Å². The molecule has 0 N–H and O–H groups in total. The van der Waals surface area contributed by atoms with Crippen molar-refractivity contribution in [1.29, 1.82) is 0 Å². The van der Waals surface area contributed by atoms with Crippen molar-refractivity contribution < 1.29 is 9.21 Å². The molecule has 0 saturated heterocycles. The minimum absolute atomic E-state index is 0.111. The highest BCUT2D eigenvalue weighted by Gasteiger charge is 2.08. The first kappa shape index (κ1) is 12.4. The first-order valence-electron chi connectivity index (χ1n) is 6.39. The van der Waals surface area contributed by atoms with Gasteiger partial charge in [0, 0.05) is 17.5 Å². The molecule has 0 aliphatic carbocycles. The Morgan fingerprint density at radius 1 is 1.00 bits per heavy atom. The lowest BCUT2D eigenvalue weighted by Crippen LogP contribution is -2.03. The van der Waals surface area contributed by atoms with Gasteiger partial charge >= 0.3 is 0 Å². The van der Waals surface area contributed by atoms with Gasteiger partial charge in [-0.05, 0) is 5.56 Å². The third-order valence-electron chi connectivity index (χ3n) is 3.13. The monoisotopic (exact) mass is 263 g/mol. The molecule has 98 valence electrons. The second kappa shape index (κ2) is 5.53. The molecule has 0 fully saturated rings. The summed E-state index contributed by atoms with van der Waals surface area (Å²) in [5.74, 6) is 0.812. The number of nitrogens with zero attached hydrogens (tertiary/aromatic N) is 1. The van der Waals surface area contributed by atoms with Crippen molar-refractivity contribution in [3.05, 3.63) is 78.3 Å². The summed E-state index contributed by atoms with van der Waals surface area (Å²) in [6, 6.07) is 17.1. The van der Waals surface area contributed by atoms with E-state index in [1.54, 1.807) is 6.20 Å². The molecule has 20 heavy (non-hydrogen) atoms. The number of Topliss-reactive ketones (excluding diaryl/α,β-unsaturated/α-hetero) is 1. The maximum atomic E-state index is 12.2. The molecular weight excluding hydrogens is 250 g/mol. The summed E-state index contributed by atoms with van der Waals surface area (Å²) < 4.78 is 5.22. The van der Waals surface area contributed by atoms with Gasteiger partial charge in [0.15, 0.2) is 17.9 Å². The Morgan fingerprint density at radius 2 is 1.75 bits per heavy atom. The molecule has 0 spiro atoms. The van der Waals surface area contributed by atoms with Crippen LogP contribution in [0.1, 0.15) is 15.9 Å². The average molecular weight is 263 g/mol. The summed E-state index contributed by atoms with van der Waals surface area (Å²) in [6.45, 7) is 0. The zero-order valence-corrected chi connectivity index (χ0v) is 10.8. The zero-order valence-electron chi connectivity index (χ0n) is 10.8. The van der Waals surface area contributed by atoms with Crippen LogP contribution in [0.4, 0.5) is 0 Å². The molecule has 3 rings (SSSR count). The quantitative estimate of drug-likeness (QED) is 0.673. The summed E-state index contributed by atoms with van der Waals surface area (Å²) in [6.07, 6.45) is 3.47. The minimum atomic E-state index is 0.111. The maximum Gasteiger partial charge on any atom is 0.181 e. The predicted molar refractivity (Wildman–Crippen MR) is 76.4 cm³/mol. The van der Waals surface area contributed by atoms with Crippen LogP contribution in [-0.4, -0.2) is 10.8 Å². The van der Waals surface area contributed by atoms with Crippen LogP contribution in [0.5, 0.6) is 0 Å². The summed E-state index contributed by atoms with van der Waals surface area (Å²) >= 11 is 0. The number of aromatic nitrogens is 1. The second-order valence-corrected chi connectivity index (χ2v) is 4.53. The molecule has 0 radical (unpaired) electrons. The molecule has 0 aliphatic heterocycles. The SMILES string of the molecule is O=C(Cc1ccccc1)c1ccc(-c2cnco2)cc1. The number of rotatable bonds is 4.